The van der Waals surface area contributed by atoms with Crippen LogP contribution < -0.4 is 11.4 Å². The lowest BCUT2D eigenvalue weighted by atomic mass is 9.95. The summed E-state index contributed by atoms with van der Waals surface area (Å²) in [6.07, 6.45) is 3.67. The van der Waals surface area contributed by atoms with Gasteiger partial charge in [0.1, 0.15) is 0 Å². The van der Waals surface area contributed by atoms with Crippen molar-refractivity contribution in [2.45, 2.75) is 40.3 Å². The molecule has 0 radical (unpaired) electrons. The molecule has 1 atom stereocenters. The molecule has 1 aliphatic rings. The van der Waals surface area contributed by atoms with Crippen LogP contribution in [0.4, 0.5) is 5.95 Å². The van der Waals surface area contributed by atoms with Crippen molar-refractivity contribution in [1.82, 2.24) is 19.2 Å². The maximum Gasteiger partial charge on any atom is 0.353 e. The number of nitrogens with two attached hydrogens (primary N) is 1. The zero-order chi connectivity index (χ0) is 21.6. The number of hydrogen-bond donors (Lipinski definition) is 1. The Balaban J connectivity index is 2.10. The summed E-state index contributed by atoms with van der Waals surface area (Å²) < 4.78 is 3.74. The second kappa shape index (κ2) is 7.37. The molecule has 0 saturated carbocycles. The van der Waals surface area contributed by atoms with Crippen molar-refractivity contribution in [2.75, 3.05) is 5.73 Å². The fraction of sp³-hybridized carbons (Fsp3) is 0.318. The van der Waals surface area contributed by atoms with Crippen molar-refractivity contribution in [2.24, 2.45) is 5.92 Å². The van der Waals surface area contributed by atoms with Crippen molar-refractivity contribution >= 4 is 17.2 Å². The highest BCUT2D eigenvalue weighted by Gasteiger charge is 2.30. The number of allylic oxidation sites excluding steroid dienone is 3. The first-order valence-corrected chi connectivity index (χ1v) is 9.99. The largest absolute Gasteiger partial charge is 0.369 e. The van der Waals surface area contributed by atoms with E-state index in [1.165, 1.54) is 9.08 Å². The van der Waals surface area contributed by atoms with Crippen molar-refractivity contribution in [1.29, 1.82) is 0 Å². The Kier molecular flexibility index (Phi) is 4.85. The summed E-state index contributed by atoms with van der Waals surface area (Å²) >= 11 is 0. The average molecular weight is 405 g/mol. The Morgan fingerprint density at radius 1 is 1.23 bits per heavy atom. The summed E-state index contributed by atoms with van der Waals surface area (Å²) in [4.78, 5) is 29.8. The van der Waals surface area contributed by atoms with E-state index in [1.54, 1.807) is 13.0 Å². The third-order valence-electron chi connectivity index (χ3n) is 5.13. The molecule has 1 aliphatic heterocycles. The maximum atomic E-state index is 13.0. The van der Waals surface area contributed by atoms with Crippen LogP contribution in [0.5, 0.6) is 0 Å². The molecule has 2 aromatic heterocycles. The molecule has 1 unspecified atom stereocenters. The average Bonchev–Trinajstić information content (AvgIpc) is 3.02. The lowest BCUT2D eigenvalue weighted by Crippen LogP contribution is -2.25. The third kappa shape index (κ3) is 3.24. The number of rotatable bonds is 4. The fourth-order valence-electron chi connectivity index (χ4n) is 3.78. The summed E-state index contributed by atoms with van der Waals surface area (Å²) in [6.45, 7) is 8.11. The summed E-state index contributed by atoms with van der Waals surface area (Å²) in [5.41, 5.74) is 9.89. The first-order valence-electron chi connectivity index (χ1n) is 9.99. The molecule has 0 bridgehead atoms. The minimum Gasteiger partial charge on any atom is -0.369 e. The van der Waals surface area contributed by atoms with Gasteiger partial charge in [0.15, 0.2) is 5.65 Å². The lowest BCUT2D eigenvalue weighted by Gasteiger charge is -2.15. The van der Waals surface area contributed by atoms with Gasteiger partial charge in [0, 0.05) is 41.7 Å². The van der Waals surface area contributed by atoms with E-state index in [4.69, 9.17) is 5.73 Å². The Morgan fingerprint density at radius 2 is 1.93 bits per heavy atom. The van der Waals surface area contributed by atoms with Crippen LogP contribution in [0.2, 0.25) is 0 Å². The molecule has 154 valence electrons. The second-order valence-corrected chi connectivity index (χ2v) is 8.05. The van der Waals surface area contributed by atoms with Gasteiger partial charge in [-0.3, -0.25) is 0 Å². The minimum absolute atomic E-state index is 0.0863. The number of nitrogen functional groups attached to an aromatic ring is 1. The van der Waals surface area contributed by atoms with Gasteiger partial charge in [0.2, 0.25) is 17.7 Å². The maximum absolute atomic E-state index is 13.0. The molecule has 0 amide bonds. The van der Waals surface area contributed by atoms with Gasteiger partial charge in [-0.25, -0.2) is 18.9 Å². The monoisotopic (exact) mass is 405 g/mol. The first-order chi connectivity index (χ1) is 14.3. The zero-order valence-corrected chi connectivity index (χ0v) is 17.5. The van der Waals surface area contributed by atoms with E-state index in [0.29, 0.717) is 29.1 Å². The molecule has 0 spiro atoms. The Bertz CT molecular complexity index is 1260. The lowest BCUT2D eigenvalue weighted by molar-refractivity contribution is -0.523. The standard InChI is InChI=1S/C22H25N6O2/c1-13(2)12-26-22(29)27-20(25-26)18(17-10-14(3)28(30)15(4)11-17)19(24-21(27)23)16-8-6-5-7-9-16/h5-11,13-14H,12H2,1-4H3,(H2,23,24)/q+1. The van der Waals surface area contributed by atoms with Gasteiger partial charge in [-0.1, -0.05) is 44.2 Å². The van der Waals surface area contributed by atoms with Gasteiger partial charge in [-0.15, -0.1) is 5.10 Å². The van der Waals surface area contributed by atoms with Crippen LogP contribution in [0.15, 0.2) is 53.0 Å². The van der Waals surface area contributed by atoms with E-state index in [0.717, 1.165) is 15.9 Å². The number of fused-ring (bicyclic) bond motifs is 1. The van der Waals surface area contributed by atoms with Gasteiger partial charge in [-0.2, -0.15) is 0 Å². The molecule has 30 heavy (non-hydrogen) atoms. The van der Waals surface area contributed by atoms with Crippen LogP contribution in [0.25, 0.3) is 22.5 Å². The van der Waals surface area contributed by atoms with E-state index < -0.39 is 0 Å². The molecule has 3 aromatic rings. The SMILES string of the molecule is CC1=CC(c2c(-c3ccccc3)nc(N)n3c(=O)n(CC(C)C)nc23)=CC(C)[N+]1=O. The van der Waals surface area contributed by atoms with Crippen LogP contribution in [-0.2, 0) is 6.54 Å². The summed E-state index contributed by atoms with van der Waals surface area (Å²) in [7, 11) is 0. The van der Waals surface area contributed by atoms with Gasteiger partial charge in [0.25, 0.3) is 0 Å². The third-order valence-corrected chi connectivity index (χ3v) is 5.13. The summed E-state index contributed by atoms with van der Waals surface area (Å²) in [6, 6.07) is 9.29. The predicted molar refractivity (Wildman–Crippen MR) is 117 cm³/mol. The van der Waals surface area contributed by atoms with Gasteiger partial charge >= 0.3 is 5.69 Å². The van der Waals surface area contributed by atoms with Crippen LogP contribution in [0, 0.1) is 10.8 Å². The van der Waals surface area contributed by atoms with Crippen molar-refractivity contribution in [3.63, 3.8) is 0 Å². The molecule has 1 aromatic carbocycles. The van der Waals surface area contributed by atoms with Gasteiger partial charge in [0.05, 0.1) is 11.3 Å². The van der Waals surface area contributed by atoms with E-state index >= 15 is 0 Å². The number of nitrogens with zero attached hydrogens (tertiary/aromatic N) is 5. The van der Waals surface area contributed by atoms with E-state index in [1.807, 2.05) is 57.2 Å². The van der Waals surface area contributed by atoms with E-state index in [9.17, 15) is 9.70 Å². The first kappa shape index (κ1) is 19.8. The second-order valence-electron chi connectivity index (χ2n) is 8.05. The normalized spacial score (nSPS) is 16.8. The van der Waals surface area contributed by atoms with Crippen LogP contribution in [0.1, 0.15) is 33.3 Å². The molecule has 4 rings (SSSR count). The smallest absolute Gasteiger partial charge is 0.353 e. The molecule has 3 heterocycles. The quantitative estimate of drug-likeness (QED) is 0.672. The Hall–Kier alpha value is -3.55. The van der Waals surface area contributed by atoms with Crippen molar-refractivity contribution < 1.29 is 4.76 Å². The number of aromatic nitrogens is 4. The zero-order valence-electron chi connectivity index (χ0n) is 17.5. The molecular formula is C22H25N6O2+. The van der Waals surface area contributed by atoms with Crippen LogP contribution in [0.3, 0.4) is 0 Å². The molecule has 2 N–H and O–H groups in total. The number of hydrogen-bond acceptors (Lipinski definition) is 5. The topological polar surface area (TPSA) is 98.3 Å². The van der Waals surface area contributed by atoms with Crippen molar-refractivity contribution in [3.8, 4) is 11.3 Å². The molecule has 8 heteroatoms. The molecule has 0 aliphatic carbocycles. The number of anilines is 1. The van der Waals surface area contributed by atoms with Gasteiger partial charge < -0.3 is 5.73 Å². The fourth-order valence-corrected chi connectivity index (χ4v) is 3.78. The highest BCUT2D eigenvalue weighted by atomic mass is 16.3. The Labute approximate surface area is 173 Å². The molecular weight excluding hydrogens is 380 g/mol. The van der Waals surface area contributed by atoms with E-state index in [2.05, 4.69) is 10.1 Å². The molecule has 0 fully saturated rings. The number of benzene rings is 1. The van der Waals surface area contributed by atoms with Crippen molar-refractivity contribution in [3.05, 3.63) is 69.1 Å². The molecule has 8 nitrogen and oxygen atoms in total. The summed E-state index contributed by atoms with van der Waals surface area (Å²) in [5.74, 6) is 0.326. The summed E-state index contributed by atoms with van der Waals surface area (Å²) in [5, 5.41) is 4.63. The highest BCUT2D eigenvalue weighted by Crippen LogP contribution is 2.34. The predicted octanol–water partition coefficient (Wildman–Crippen LogP) is 3.26. The van der Waals surface area contributed by atoms with E-state index in [-0.39, 0.29) is 23.6 Å². The Morgan fingerprint density at radius 3 is 2.57 bits per heavy atom. The van der Waals surface area contributed by atoms with Crippen LogP contribution in [-0.4, -0.2) is 30.0 Å². The highest BCUT2D eigenvalue weighted by molar-refractivity contribution is 5.91. The minimum atomic E-state index is -0.351. The van der Waals surface area contributed by atoms with Crippen LogP contribution >= 0.6 is 0 Å². The number of nitroso groups, excluding NO2 is 1. The van der Waals surface area contributed by atoms with Gasteiger partial charge in [-0.05, 0) is 17.6 Å². The molecule has 0 saturated heterocycles.